The van der Waals surface area contributed by atoms with Gasteiger partial charge in [0.25, 0.3) is 5.56 Å². The Hall–Kier alpha value is -4.45. The number of nitrogens with zero attached hydrogens (tertiary/aromatic N) is 5. The third kappa shape index (κ3) is 5.92. The molecule has 0 unspecified atom stereocenters. The van der Waals surface area contributed by atoms with Gasteiger partial charge in [0.15, 0.2) is 0 Å². The SMILES string of the molecule is Cc1cc(-c2cnsc2)ccc1-c1cc2cnc(Nc3ccc(OC4CCNCC4)cc3)nc2n(Cc2nccs2)c1=O. The lowest BCUT2D eigenvalue weighted by molar-refractivity contribution is 0.162. The van der Waals surface area contributed by atoms with Gasteiger partial charge in [-0.25, -0.2) is 14.3 Å². The zero-order valence-electron chi connectivity index (χ0n) is 23.5. The number of fused-ring (bicyclic) bond motifs is 1. The Morgan fingerprint density at radius 2 is 1.88 bits per heavy atom. The number of anilines is 2. The van der Waals surface area contributed by atoms with Crippen LogP contribution in [0.15, 0.2) is 82.7 Å². The van der Waals surface area contributed by atoms with Crippen LogP contribution < -0.4 is 20.9 Å². The van der Waals surface area contributed by atoms with Crippen molar-refractivity contribution in [1.82, 2.24) is 29.2 Å². The molecule has 0 bridgehead atoms. The van der Waals surface area contributed by atoms with Gasteiger partial charge in [-0.15, -0.1) is 11.3 Å². The smallest absolute Gasteiger partial charge is 0.260 e. The Bertz CT molecular complexity index is 1910. The molecule has 43 heavy (non-hydrogen) atoms. The number of aromatic nitrogens is 5. The van der Waals surface area contributed by atoms with Crippen LogP contribution in [-0.2, 0) is 6.54 Å². The highest BCUT2D eigenvalue weighted by molar-refractivity contribution is 7.09. The largest absolute Gasteiger partial charge is 0.490 e. The van der Waals surface area contributed by atoms with E-state index in [1.807, 2.05) is 66.3 Å². The molecule has 216 valence electrons. The van der Waals surface area contributed by atoms with Gasteiger partial charge in [0.2, 0.25) is 5.95 Å². The van der Waals surface area contributed by atoms with E-state index in [1.165, 1.54) is 22.9 Å². The van der Waals surface area contributed by atoms with Crippen molar-refractivity contribution in [1.29, 1.82) is 0 Å². The van der Waals surface area contributed by atoms with E-state index in [0.29, 0.717) is 23.7 Å². The van der Waals surface area contributed by atoms with Crippen molar-refractivity contribution in [2.24, 2.45) is 0 Å². The predicted molar refractivity (Wildman–Crippen MR) is 173 cm³/mol. The lowest BCUT2D eigenvalue weighted by Crippen LogP contribution is -2.34. The van der Waals surface area contributed by atoms with Crippen LogP contribution in [0.1, 0.15) is 23.4 Å². The minimum absolute atomic E-state index is 0.125. The fourth-order valence-electron chi connectivity index (χ4n) is 5.37. The molecule has 7 rings (SSSR count). The van der Waals surface area contributed by atoms with Crippen LogP contribution in [0, 0.1) is 6.92 Å². The molecule has 0 atom stereocenters. The summed E-state index contributed by atoms with van der Waals surface area (Å²) in [6.07, 6.45) is 7.63. The van der Waals surface area contributed by atoms with Crippen LogP contribution in [-0.4, -0.2) is 43.1 Å². The molecule has 0 spiro atoms. The van der Waals surface area contributed by atoms with Crippen LogP contribution in [0.4, 0.5) is 11.6 Å². The highest BCUT2D eigenvalue weighted by atomic mass is 32.1. The van der Waals surface area contributed by atoms with Gasteiger partial charge >= 0.3 is 0 Å². The first-order valence-corrected chi connectivity index (χ1v) is 15.9. The molecule has 0 radical (unpaired) electrons. The van der Waals surface area contributed by atoms with Crippen molar-refractivity contribution in [3.05, 3.63) is 98.8 Å². The number of hydrogen-bond donors (Lipinski definition) is 2. The lowest BCUT2D eigenvalue weighted by atomic mass is 9.97. The maximum atomic E-state index is 14.1. The second-order valence-corrected chi connectivity index (χ2v) is 12.1. The number of nitrogens with one attached hydrogen (secondary N) is 2. The Morgan fingerprint density at radius 3 is 2.63 bits per heavy atom. The Kier molecular flexibility index (Phi) is 7.67. The molecule has 5 heterocycles. The summed E-state index contributed by atoms with van der Waals surface area (Å²) in [6, 6.07) is 15.8. The van der Waals surface area contributed by atoms with E-state index < -0.39 is 0 Å². The number of rotatable bonds is 8. The Balaban J connectivity index is 1.22. The quantitative estimate of drug-likeness (QED) is 0.209. The highest BCUT2D eigenvalue weighted by Gasteiger charge is 2.17. The summed E-state index contributed by atoms with van der Waals surface area (Å²) in [7, 11) is 0. The Morgan fingerprint density at radius 1 is 1.02 bits per heavy atom. The molecule has 2 N–H and O–H groups in total. The van der Waals surface area contributed by atoms with E-state index >= 15 is 0 Å². The fraction of sp³-hybridized carbons (Fsp3) is 0.219. The first-order chi connectivity index (χ1) is 21.1. The number of ether oxygens (including phenoxy) is 1. The molecule has 0 amide bonds. The van der Waals surface area contributed by atoms with E-state index in [2.05, 4.69) is 31.0 Å². The highest BCUT2D eigenvalue weighted by Crippen LogP contribution is 2.30. The van der Waals surface area contributed by atoms with Crippen molar-refractivity contribution in [3.8, 4) is 28.0 Å². The van der Waals surface area contributed by atoms with Gasteiger partial charge in [0.1, 0.15) is 22.5 Å². The average Bonchev–Trinajstić information content (AvgIpc) is 3.76. The molecule has 11 heteroatoms. The monoisotopic (exact) mass is 607 g/mol. The van der Waals surface area contributed by atoms with Gasteiger partial charge in [-0.05, 0) is 91.4 Å². The predicted octanol–water partition coefficient (Wildman–Crippen LogP) is 6.27. The first kappa shape index (κ1) is 27.4. The number of piperidine rings is 1. The molecule has 1 aliphatic heterocycles. The van der Waals surface area contributed by atoms with Gasteiger partial charge in [0, 0.05) is 51.6 Å². The van der Waals surface area contributed by atoms with Crippen LogP contribution in [0.3, 0.4) is 0 Å². The standard InChI is InChI=1S/C32H29N7O2S2/c1-20-14-21(23-17-36-43-19-23)2-7-27(20)28-15-22-16-35-32(38-30(22)39(31(28)40)18-29-34-12-13-42-29)37-24-3-5-25(6-4-24)41-26-8-10-33-11-9-26/h2-7,12-17,19,26,33H,8-11,18H2,1H3,(H,35,37,38). The van der Waals surface area contributed by atoms with Crippen LogP contribution >= 0.6 is 22.9 Å². The van der Waals surface area contributed by atoms with Crippen molar-refractivity contribution in [2.45, 2.75) is 32.4 Å². The molecule has 6 aromatic rings. The third-order valence-electron chi connectivity index (χ3n) is 7.59. The second-order valence-electron chi connectivity index (χ2n) is 10.5. The van der Waals surface area contributed by atoms with Crippen molar-refractivity contribution >= 4 is 45.5 Å². The second kappa shape index (κ2) is 12.0. The van der Waals surface area contributed by atoms with E-state index in [0.717, 1.165) is 70.0 Å². The summed E-state index contributed by atoms with van der Waals surface area (Å²) in [5.74, 6) is 1.25. The van der Waals surface area contributed by atoms with Gasteiger partial charge in [-0.1, -0.05) is 18.2 Å². The molecule has 0 saturated carbocycles. The lowest BCUT2D eigenvalue weighted by Gasteiger charge is -2.23. The van der Waals surface area contributed by atoms with E-state index in [1.54, 1.807) is 17.0 Å². The van der Waals surface area contributed by atoms with E-state index in [-0.39, 0.29) is 11.7 Å². The van der Waals surface area contributed by atoms with E-state index in [4.69, 9.17) is 9.72 Å². The summed E-state index contributed by atoms with van der Waals surface area (Å²) in [4.78, 5) is 27.9. The number of aryl methyl sites for hydroxylation is 1. The molecular formula is C32H29N7O2S2. The van der Waals surface area contributed by atoms with Crippen molar-refractivity contribution < 1.29 is 4.74 Å². The zero-order chi connectivity index (χ0) is 29.2. The molecule has 1 saturated heterocycles. The van der Waals surface area contributed by atoms with Crippen LogP contribution in [0.2, 0.25) is 0 Å². The molecular weight excluding hydrogens is 579 g/mol. The fourth-order valence-corrected chi connectivity index (χ4v) is 6.52. The maximum absolute atomic E-state index is 14.1. The van der Waals surface area contributed by atoms with Gasteiger partial charge in [-0.2, -0.15) is 4.98 Å². The van der Waals surface area contributed by atoms with Crippen molar-refractivity contribution in [2.75, 3.05) is 18.4 Å². The molecule has 2 aromatic carbocycles. The molecule has 0 aliphatic carbocycles. The topological polar surface area (TPSA) is 107 Å². The Labute approximate surface area is 256 Å². The summed E-state index contributed by atoms with van der Waals surface area (Å²) in [5.41, 5.74) is 5.88. The van der Waals surface area contributed by atoms with Crippen molar-refractivity contribution in [3.63, 3.8) is 0 Å². The molecule has 1 fully saturated rings. The molecule has 4 aromatic heterocycles. The zero-order valence-corrected chi connectivity index (χ0v) is 25.1. The van der Waals surface area contributed by atoms with Crippen LogP contribution in [0.25, 0.3) is 33.3 Å². The summed E-state index contributed by atoms with van der Waals surface area (Å²) in [5, 5.41) is 12.2. The summed E-state index contributed by atoms with van der Waals surface area (Å²) < 4.78 is 12.1. The minimum Gasteiger partial charge on any atom is -0.490 e. The molecule has 9 nitrogen and oxygen atoms in total. The summed E-state index contributed by atoms with van der Waals surface area (Å²) >= 11 is 2.93. The van der Waals surface area contributed by atoms with Gasteiger partial charge < -0.3 is 15.4 Å². The van der Waals surface area contributed by atoms with Gasteiger partial charge in [-0.3, -0.25) is 9.36 Å². The first-order valence-electron chi connectivity index (χ1n) is 14.1. The maximum Gasteiger partial charge on any atom is 0.260 e. The minimum atomic E-state index is -0.125. The molecule has 1 aliphatic rings. The van der Waals surface area contributed by atoms with E-state index in [9.17, 15) is 4.79 Å². The normalized spacial score (nSPS) is 13.8. The third-order valence-corrected chi connectivity index (χ3v) is 8.94. The number of pyridine rings is 1. The number of thiazole rings is 1. The average molecular weight is 608 g/mol. The number of hydrogen-bond acceptors (Lipinski definition) is 10. The van der Waals surface area contributed by atoms with Crippen LogP contribution in [0.5, 0.6) is 5.75 Å². The number of benzene rings is 2. The van der Waals surface area contributed by atoms with Gasteiger partial charge in [0.05, 0.1) is 6.54 Å². The summed E-state index contributed by atoms with van der Waals surface area (Å²) in [6.45, 7) is 4.31.